The molecule has 1 aromatic carbocycles. The third-order valence-electron chi connectivity index (χ3n) is 3.58. The number of ether oxygens (including phenoxy) is 2. The first-order chi connectivity index (χ1) is 12.1. The van der Waals surface area contributed by atoms with Gasteiger partial charge in [0.1, 0.15) is 0 Å². The predicted octanol–water partition coefficient (Wildman–Crippen LogP) is 3.33. The van der Waals surface area contributed by atoms with Crippen LogP contribution in [0.15, 0.2) is 52.5 Å². The Labute approximate surface area is 150 Å². The second-order valence-electron chi connectivity index (χ2n) is 5.14. The highest BCUT2D eigenvalue weighted by molar-refractivity contribution is 8.18. The molecule has 1 aliphatic heterocycles. The summed E-state index contributed by atoms with van der Waals surface area (Å²) in [7, 11) is 4.85. The summed E-state index contributed by atoms with van der Waals surface area (Å²) in [5.74, 6) is 1.64. The average Bonchev–Trinajstić information content (AvgIpc) is 2.90. The number of para-hydroxylation sites is 1. The highest BCUT2D eigenvalue weighted by Gasteiger charge is 2.30. The number of hydrogen-bond acceptors (Lipinski definition) is 6. The largest absolute Gasteiger partial charge is 0.493 e. The Hall–Kier alpha value is -2.80. The summed E-state index contributed by atoms with van der Waals surface area (Å²) in [6.07, 6.45) is 3.45. The molecule has 6 nitrogen and oxygen atoms in total. The number of rotatable bonds is 4. The van der Waals surface area contributed by atoms with Crippen molar-refractivity contribution in [1.82, 2.24) is 9.88 Å². The van der Waals surface area contributed by atoms with E-state index >= 15 is 0 Å². The van der Waals surface area contributed by atoms with Crippen LogP contribution >= 0.6 is 11.8 Å². The van der Waals surface area contributed by atoms with E-state index in [1.807, 2.05) is 30.3 Å². The number of benzene rings is 1. The van der Waals surface area contributed by atoms with Gasteiger partial charge in [0.15, 0.2) is 22.5 Å². The SMILES string of the molecule is COc1cccc(/C=C2\S/C(=N/c3ccccn3)N(C)C2=O)c1OC. The lowest BCUT2D eigenvalue weighted by atomic mass is 10.1. The van der Waals surface area contributed by atoms with Crippen LogP contribution in [0.3, 0.4) is 0 Å². The van der Waals surface area contributed by atoms with E-state index in [0.29, 0.717) is 27.4 Å². The number of carbonyl (C=O) groups is 1. The topological polar surface area (TPSA) is 64.0 Å². The van der Waals surface area contributed by atoms with Crippen LogP contribution in [0, 0.1) is 0 Å². The van der Waals surface area contributed by atoms with Crippen molar-refractivity contribution in [2.45, 2.75) is 0 Å². The van der Waals surface area contributed by atoms with Crippen molar-refractivity contribution in [3.63, 3.8) is 0 Å². The third kappa shape index (κ3) is 3.51. The molecule has 1 fully saturated rings. The van der Waals surface area contributed by atoms with Gasteiger partial charge in [-0.25, -0.2) is 9.98 Å². The van der Waals surface area contributed by atoms with E-state index in [-0.39, 0.29) is 5.91 Å². The minimum Gasteiger partial charge on any atom is -0.493 e. The minimum atomic E-state index is -0.121. The average molecular weight is 355 g/mol. The highest BCUT2D eigenvalue weighted by Crippen LogP contribution is 2.37. The van der Waals surface area contributed by atoms with Gasteiger partial charge >= 0.3 is 0 Å². The summed E-state index contributed by atoms with van der Waals surface area (Å²) in [6, 6.07) is 11.0. The smallest absolute Gasteiger partial charge is 0.266 e. The molecule has 2 heterocycles. The number of aliphatic imine (C=N–C) groups is 1. The van der Waals surface area contributed by atoms with Crippen molar-refractivity contribution in [1.29, 1.82) is 0 Å². The fourth-order valence-corrected chi connectivity index (χ4v) is 3.30. The lowest BCUT2D eigenvalue weighted by Gasteiger charge is -2.10. The molecule has 3 rings (SSSR count). The third-order valence-corrected chi connectivity index (χ3v) is 4.64. The molecule has 0 spiro atoms. The highest BCUT2D eigenvalue weighted by atomic mass is 32.2. The molecule has 1 amide bonds. The van der Waals surface area contributed by atoms with E-state index in [2.05, 4.69) is 9.98 Å². The molecule has 7 heteroatoms. The van der Waals surface area contributed by atoms with E-state index in [0.717, 1.165) is 5.56 Å². The first kappa shape index (κ1) is 17.0. The molecule has 0 atom stereocenters. The van der Waals surface area contributed by atoms with Crippen molar-refractivity contribution in [3.8, 4) is 11.5 Å². The van der Waals surface area contributed by atoms with Crippen LogP contribution < -0.4 is 9.47 Å². The molecule has 1 aromatic heterocycles. The maximum absolute atomic E-state index is 12.5. The quantitative estimate of drug-likeness (QED) is 0.787. The second-order valence-corrected chi connectivity index (χ2v) is 6.15. The number of methoxy groups -OCH3 is 2. The Morgan fingerprint density at radius 1 is 1.16 bits per heavy atom. The van der Waals surface area contributed by atoms with Crippen LogP contribution in [-0.4, -0.2) is 42.2 Å². The monoisotopic (exact) mass is 355 g/mol. The molecule has 1 saturated heterocycles. The summed E-state index contributed by atoms with van der Waals surface area (Å²) in [4.78, 5) is 23.2. The Bertz CT molecular complexity index is 850. The molecule has 0 bridgehead atoms. The van der Waals surface area contributed by atoms with Crippen molar-refractivity contribution in [2.75, 3.05) is 21.3 Å². The van der Waals surface area contributed by atoms with Crippen LogP contribution in [0.1, 0.15) is 5.56 Å². The molecular formula is C18H17N3O3S. The molecular weight excluding hydrogens is 338 g/mol. The Morgan fingerprint density at radius 2 is 2.00 bits per heavy atom. The van der Waals surface area contributed by atoms with Gasteiger partial charge in [0.2, 0.25) is 0 Å². The van der Waals surface area contributed by atoms with Crippen LogP contribution in [0.25, 0.3) is 6.08 Å². The maximum Gasteiger partial charge on any atom is 0.266 e. The summed E-state index contributed by atoms with van der Waals surface area (Å²) in [5, 5.41) is 0.580. The Balaban J connectivity index is 1.95. The predicted molar refractivity (Wildman–Crippen MR) is 99.2 cm³/mol. The first-order valence-electron chi connectivity index (χ1n) is 7.52. The van der Waals surface area contributed by atoms with Gasteiger partial charge in [-0.3, -0.25) is 9.69 Å². The van der Waals surface area contributed by atoms with Crippen LogP contribution in [0.5, 0.6) is 11.5 Å². The Morgan fingerprint density at radius 3 is 2.68 bits per heavy atom. The molecule has 1 aliphatic rings. The van der Waals surface area contributed by atoms with Crippen LogP contribution in [0.4, 0.5) is 5.82 Å². The number of amidine groups is 1. The van der Waals surface area contributed by atoms with Gasteiger partial charge in [-0.15, -0.1) is 0 Å². The van der Waals surface area contributed by atoms with Gasteiger partial charge in [0, 0.05) is 18.8 Å². The fraction of sp³-hybridized carbons (Fsp3) is 0.167. The zero-order valence-corrected chi connectivity index (χ0v) is 14.9. The van der Waals surface area contributed by atoms with E-state index in [1.54, 1.807) is 39.6 Å². The molecule has 0 unspecified atom stereocenters. The molecule has 128 valence electrons. The lowest BCUT2D eigenvalue weighted by molar-refractivity contribution is -0.121. The second kappa shape index (κ2) is 7.40. The molecule has 0 saturated carbocycles. The number of aromatic nitrogens is 1. The summed E-state index contributed by atoms with van der Waals surface area (Å²) in [6.45, 7) is 0. The van der Waals surface area contributed by atoms with Crippen LogP contribution in [-0.2, 0) is 4.79 Å². The lowest BCUT2D eigenvalue weighted by Crippen LogP contribution is -2.23. The molecule has 0 aliphatic carbocycles. The number of nitrogens with zero attached hydrogens (tertiary/aromatic N) is 3. The molecule has 2 aromatic rings. The van der Waals surface area contributed by atoms with Gasteiger partial charge in [-0.05, 0) is 36.0 Å². The van der Waals surface area contributed by atoms with Crippen LogP contribution in [0.2, 0.25) is 0 Å². The van der Waals surface area contributed by atoms with Crippen molar-refractivity contribution < 1.29 is 14.3 Å². The van der Waals surface area contributed by atoms with Gasteiger partial charge in [-0.2, -0.15) is 0 Å². The van der Waals surface area contributed by atoms with E-state index < -0.39 is 0 Å². The fourth-order valence-electron chi connectivity index (χ4n) is 2.34. The molecule has 0 radical (unpaired) electrons. The van der Waals surface area contributed by atoms with E-state index in [1.165, 1.54) is 16.7 Å². The van der Waals surface area contributed by atoms with Gasteiger partial charge in [0.05, 0.1) is 19.1 Å². The maximum atomic E-state index is 12.5. The minimum absolute atomic E-state index is 0.121. The van der Waals surface area contributed by atoms with Crippen molar-refractivity contribution >= 4 is 34.7 Å². The summed E-state index contributed by atoms with van der Waals surface area (Å²) in [5.41, 5.74) is 0.769. The first-order valence-corrected chi connectivity index (χ1v) is 8.34. The van der Waals surface area contributed by atoms with Crippen molar-refractivity contribution in [2.24, 2.45) is 4.99 Å². The summed E-state index contributed by atoms with van der Waals surface area (Å²) >= 11 is 1.30. The van der Waals surface area contributed by atoms with Crippen molar-refractivity contribution in [3.05, 3.63) is 53.1 Å². The zero-order valence-electron chi connectivity index (χ0n) is 14.1. The number of amides is 1. The normalized spacial score (nSPS) is 17.4. The Kier molecular flexibility index (Phi) is 5.04. The van der Waals surface area contributed by atoms with Gasteiger partial charge in [0.25, 0.3) is 5.91 Å². The van der Waals surface area contributed by atoms with Gasteiger partial charge < -0.3 is 9.47 Å². The molecule has 25 heavy (non-hydrogen) atoms. The number of pyridine rings is 1. The van der Waals surface area contributed by atoms with E-state index in [9.17, 15) is 4.79 Å². The number of thioether (sulfide) groups is 1. The van der Waals surface area contributed by atoms with E-state index in [4.69, 9.17) is 9.47 Å². The number of hydrogen-bond donors (Lipinski definition) is 0. The summed E-state index contributed by atoms with van der Waals surface area (Å²) < 4.78 is 10.7. The molecule has 0 N–H and O–H groups in total. The number of likely N-dealkylation sites (N-methyl/N-ethyl adjacent to an activating group) is 1. The van der Waals surface area contributed by atoms with Gasteiger partial charge in [-0.1, -0.05) is 18.2 Å². The standard InChI is InChI=1S/C18H17N3O3S/c1-21-17(22)14(25-18(21)20-15-9-4-5-10-19-15)11-12-7-6-8-13(23-2)16(12)24-3/h4-11H,1-3H3/b14-11-,20-18+. The number of carbonyl (C=O) groups excluding carboxylic acids is 1. The zero-order chi connectivity index (χ0) is 17.8.